The van der Waals surface area contributed by atoms with Crippen LogP contribution in [0.5, 0.6) is 0 Å². The van der Waals surface area contributed by atoms with Crippen LogP contribution < -0.4 is 5.73 Å². The smallest absolute Gasteiger partial charge is 0.210 e. The van der Waals surface area contributed by atoms with Crippen LogP contribution in [0.4, 0.5) is 0 Å². The van der Waals surface area contributed by atoms with E-state index in [4.69, 9.17) is 5.73 Å². The Labute approximate surface area is 108 Å². The van der Waals surface area contributed by atoms with Gasteiger partial charge >= 0.3 is 0 Å². The van der Waals surface area contributed by atoms with Gasteiger partial charge in [0, 0.05) is 25.7 Å². The van der Waals surface area contributed by atoms with Crippen LogP contribution >= 0.6 is 0 Å². The third kappa shape index (κ3) is 3.08. The Balaban J connectivity index is 2.88. The number of carbonyl (C=O) groups excluding carboxylic acids is 1. The number of piperazine rings is 1. The molecule has 6 nitrogen and oxygen atoms in total. The van der Waals surface area contributed by atoms with Crippen LogP contribution in [-0.2, 0) is 4.79 Å². The summed E-state index contributed by atoms with van der Waals surface area (Å²) >= 11 is 0. The number of aliphatic hydroxyl groups excluding tert-OH is 1. The van der Waals surface area contributed by atoms with Gasteiger partial charge in [0.1, 0.15) is 5.82 Å². The molecule has 3 N–H and O–H groups in total. The van der Waals surface area contributed by atoms with Crippen LogP contribution in [0.25, 0.3) is 0 Å². The number of nitrogens with zero attached hydrogens (tertiary/aromatic N) is 3. The van der Waals surface area contributed by atoms with Crippen LogP contribution in [0.2, 0.25) is 0 Å². The summed E-state index contributed by atoms with van der Waals surface area (Å²) in [5.74, 6) is 0.758. The molecule has 1 saturated heterocycles. The van der Waals surface area contributed by atoms with Gasteiger partial charge in [-0.15, -0.1) is 0 Å². The summed E-state index contributed by atoms with van der Waals surface area (Å²) in [4.78, 5) is 18.5. The molecule has 102 valence electrons. The van der Waals surface area contributed by atoms with E-state index in [2.05, 4.69) is 11.7 Å². The quantitative estimate of drug-likeness (QED) is 0.507. The van der Waals surface area contributed by atoms with Crippen molar-refractivity contribution < 1.29 is 9.90 Å². The van der Waals surface area contributed by atoms with Crippen molar-refractivity contribution in [2.45, 2.75) is 25.9 Å². The number of rotatable bonds is 5. The van der Waals surface area contributed by atoms with Gasteiger partial charge in [-0.2, -0.15) is 0 Å². The molecule has 1 heterocycles. The van der Waals surface area contributed by atoms with Crippen LogP contribution in [0.3, 0.4) is 0 Å². The molecule has 18 heavy (non-hydrogen) atoms. The largest absolute Gasteiger partial charge is 0.394 e. The average molecular weight is 254 g/mol. The van der Waals surface area contributed by atoms with Crippen molar-refractivity contribution in [3.05, 3.63) is 11.4 Å². The zero-order valence-electron chi connectivity index (χ0n) is 11.0. The molecule has 2 atom stereocenters. The summed E-state index contributed by atoms with van der Waals surface area (Å²) in [5, 5.41) is 9.30. The second kappa shape index (κ2) is 6.51. The Morgan fingerprint density at radius 3 is 2.78 bits per heavy atom. The van der Waals surface area contributed by atoms with Gasteiger partial charge in [-0.3, -0.25) is 4.79 Å². The molecule has 6 heteroatoms. The monoisotopic (exact) mass is 254 g/mol. The highest BCUT2D eigenvalue weighted by Crippen LogP contribution is 2.18. The summed E-state index contributed by atoms with van der Waals surface area (Å²) < 4.78 is 0. The molecule has 0 aromatic carbocycles. The minimum atomic E-state index is -0.200. The Hall–Kier alpha value is -1.40. The SMILES string of the molecule is C=N/C(=C(/C)C(C)N)N1CCN(C=O)[C@H](CO)C1. The van der Waals surface area contributed by atoms with Crippen molar-refractivity contribution in [1.82, 2.24) is 9.80 Å². The molecule has 0 radical (unpaired) electrons. The summed E-state index contributed by atoms with van der Waals surface area (Å²) in [6.07, 6.45) is 0.779. The fraction of sp³-hybridized carbons (Fsp3) is 0.667. The first-order chi connectivity index (χ1) is 8.54. The van der Waals surface area contributed by atoms with E-state index in [0.717, 1.165) is 17.8 Å². The molecular weight excluding hydrogens is 232 g/mol. The normalized spacial score (nSPS) is 23.4. The van der Waals surface area contributed by atoms with Crippen molar-refractivity contribution >= 4 is 13.1 Å². The predicted molar refractivity (Wildman–Crippen MR) is 71.1 cm³/mol. The van der Waals surface area contributed by atoms with E-state index in [9.17, 15) is 9.90 Å². The van der Waals surface area contributed by atoms with Crippen molar-refractivity contribution in [3.8, 4) is 0 Å². The maximum absolute atomic E-state index is 10.8. The van der Waals surface area contributed by atoms with Gasteiger partial charge in [0.2, 0.25) is 6.41 Å². The molecule has 0 aromatic heterocycles. The van der Waals surface area contributed by atoms with Crippen molar-refractivity contribution in [3.63, 3.8) is 0 Å². The Kier molecular flexibility index (Phi) is 5.30. The average Bonchev–Trinajstić information content (AvgIpc) is 2.39. The molecule has 1 unspecified atom stereocenters. The van der Waals surface area contributed by atoms with E-state index < -0.39 is 0 Å². The molecule has 1 aliphatic rings. The molecule has 0 saturated carbocycles. The first-order valence-corrected chi connectivity index (χ1v) is 6.05. The highest BCUT2D eigenvalue weighted by atomic mass is 16.3. The maximum Gasteiger partial charge on any atom is 0.210 e. The zero-order chi connectivity index (χ0) is 13.7. The van der Waals surface area contributed by atoms with Gasteiger partial charge < -0.3 is 20.6 Å². The molecule has 1 aliphatic heterocycles. The molecule has 1 amide bonds. The van der Waals surface area contributed by atoms with E-state index in [0.29, 0.717) is 19.6 Å². The zero-order valence-corrected chi connectivity index (χ0v) is 11.0. The third-order valence-corrected chi connectivity index (χ3v) is 3.36. The Bertz CT molecular complexity index is 341. The Morgan fingerprint density at radius 1 is 1.67 bits per heavy atom. The fourth-order valence-corrected chi connectivity index (χ4v) is 2.04. The molecule has 0 spiro atoms. The van der Waals surface area contributed by atoms with Gasteiger partial charge in [-0.05, 0) is 26.1 Å². The van der Waals surface area contributed by atoms with E-state index in [1.807, 2.05) is 18.7 Å². The number of aliphatic imine (C=N–C) groups is 1. The van der Waals surface area contributed by atoms with Gasteiger partial charge in [0.25, 0.3) is 0 Å². The molecule has 1 rings (SSSR count). The molecule has 0 aromatic rings. The second-order valence-electron chi connectivity index (χ2n) is 4.58. The minimum absolute atomic E-state index is 0.0586. The first-order valence-electron chi connectivity index (χ1n) is 6.05. The number of hydrogen-bond acceptors (Lipinski definition) is 5. The number of hydrogen-bond donors (Lipinski definition) is 2. The number of aliphatic hydroxyl groups is 1. The van der Waals surface area contributed by atoms with Crippen molar-refractivity contribution in [2.24, 2.45) is 10.7 Å². The second-order valence-corrected chi connectivity index (χ2v) is 4.58. The van der Waals surface area contributed by atoms with Crippen LogP contribution in [0.1, 0.15) is 13.8 Å². The lowest BCUT2D eigenvalue weighted by Gasteiger charge is -2.40. The standard InChI is InChI=1S/C12H22N4O2/c1-9(10(2)13)12(14-3)15-4-5-16(8-18)11(6-15)7-17/h8,10-11,17H,3-7,13H2,1-2H3/b12-9+/t10?,11-/m0/s1. The highest BCUT2D eigenvalue weighted by molar-refractivity contribution is 5.48. The third-order valence-electron chi connectivity index (χ3n) is 3.36. The van der Waals surface area contributed by atoms with E-state index in [1.165, 1.54) is 0 Å². The van der Waals surface area contributed by atoms with E-state index in [1.54, 1.807) is 4.90 Å². The van der Waals surface area contributed by atoms with Gasteiger partial charge in [0.05, 0.1) is 12.6 Å². The predicted octanol–water partition coefficient (Wildman–Crippen LogP) is -0.599. The molecule has 1 fully saturated rings. The van der Waals surface area contributed by atoms with Gasteiger partial charge in [-0.25, -0.2) is 4.99 Å². The fourth-order valence-electron chi connectivity index (χ4n) is 2.04. The van der Waals surface area contributed by atoms with Crippen LogP contribution in [0, 0.1) is 0 Å². The maximum atomic E-state index is 10.8. The summed E-state index contributed by atoms with van der Waals surface area (Å²) in [7, 11) is 0. The molecular formula is C12H22N4O2. The lowest BCUT2D eigenvalue weighted by atomic mass is 10.1. The Morgan fingerprint density at radius 2 is 2.33 bits per heavy atom. The van der Waals surface area contributed by atoms with E-state index in [-0.39, 0.29) is 18.7 Å². The van der Waals surface area contributed by atoms with Gasteiger partial charge in [-0.1, -0.05) is 0 Å². The molecule has 0 aliphatic carbocycles. The lowest BCUT2D eigenvalue weighted by molar-refractivity contribution is -0.123. The van der Waals surface area contributed by atoms with Crippen LogP contribution in [-0.4, -0.2) is 66.4 Å². The van der Waals surface area contributed by atoms with E-state index >= 15 is 0 Å². The highest BCUT2D eigenvalue weighted by Gasteiger charge is 2.27. The number of nitrogens with two attached hydrogens (primary N) is 1. The van der Waals surface area contributed by atoms with Crippen LogP contribution in [0.15, 0.2) is 16.4 Å². The van der Waals surface area contributed by atoms with Crippen molar-refractivity contribution in [1.29, 1.82) is 0 Å². The first kappa shape index (κ1) is 14.7. The molecule has 0 bridgehead atoms. The summed E-state index contributed by atoms with van der Waals surface area (Å²) in [6, 6.07) is -0.295. The minimum Gasteiger partial charge on any atom is -0.394 e. The number of amides is 1. The van der Waals surface area contributed by atoms with Crippen molar-refractivity contribution in [2.75, 3.05) is 26.2 Å². The van der Waals surface area contributed by atoms with Gasteiger partial charge in [0.15, 0.2) is 0 Å². The number of carbonyl (C=O) groups is 1. The lowest BCUT2D eigenvalue weighted by Crippen LogP contribution is -2.53. The topological polar surface area (TPSA) is 82.2 Å². The summed E-state index contributed by atoms with van der Waals surface area (Å²) in [5.41, 5.74) is 6.81. The summed E-state index contributed by atoms with van der Waals surface area (Å²) in [6.45, 7) is 9.13.